The van der Waals surface area contributed by atoms with Gasteiger partial charge in [-0.15, -0.1) is 15.8 Å². The molecule has 0 aromatic rings. The van der Waals surface area contributed by atoms with Crippen LogP contribution in [0.3, 0.4) is 0 Å². The topological polar surface area (TPSA) is 159 Å². The largest absolute Gasteiger partial charge is 0 e. The van der Waals surface area contributed by atoms with Gasteiger partial charge in [0.1, 0.15) is 0 Å². The molecule has 0 aliphatic rings. The Kier molecular flexibility index (Phi) is 238. The molecular weight excluding hydrogens is 684 g/mol. The SMILES string of the molecule is CCCCP(CCCC)CCCC.CCCCP(CCCC)CCCC.[C-]#[O+].[C-]#[O+].[C-]#[O+].[C-]#[O+].[C-]#[O+].[C-]#[O+].[C-]#[O+].[C-]#[O+].[Mn].[Mn]. The molecular formula is C32H54Mn2O8P2. The maximum atomic E-state index is 7.50. The fourth-order valence-corrected chi connectivity index (χ4v) is 8.88. The van der Waals surface area contributed by atoms with Gasteiger partial charge in [-0.2, -0.15) is 0 Å². The van der Waals surface area contributed by atoms with E-state index in [-0.39, 0.29) is 34.1 Å². The van der Waals surface area contributed by atoms with Gasteiger partial charge in [-0.05, 0) is 75.5 Å². The van der Waals surface area contributed by atoms with E-state index < -0.39 is 0 Å². The van der Waals surface area contributed by atoms with Crippen LogP contribution in [0, 0.1) is 53.2 Å². The summed E-state index contributed by atoms with van der Waals surface area (Å²) in [5, 5.41) is 0. The van der Waals surface area contributed by atoms with Crippen molar-refractivity contribution >= 4 is 15.8 Å². The van der Waals surface area contributed by atoms with E-state index >= 15 is 0 Å². The van der Waals surface area contributed by atoms with Crippen LogP contribution < -0.4 is 0 Å². The van der Waals surface area contributed by atoms with Gasteiger partial charge in [0, 0.05) is 34.1 Å². The Balaban J connectivity index is -0.0000000309. The second kappa shape index (κ2) is 132. The average Bonchev–Trinajstić information content (AvgIpc) is 3.11. The summed E-state index contributed by atoms with van der Waals surface area (Å²) in [6.45, 7) is 49.9. The molecule has 8 nitrogen and oxygen atoms in total. The monoisotopic (exact) mass is 738 g/mol. The van der Waals surface area contributed by atoms with Crippen LogP contribution in [0.5, 0.6) is 0 Å². The first-order valence-corrected chi connectivity index (χ1v) is 17.6. The van der Waals surface area contributed by atoms with Crippen LogP contribution in [0.1, 0.15) is 119 Å². The Bertz CT molecular complexity index is 416. The van der Waals surface area contributed by atoms with Gasteiger partial charge in [0.25, 0.3) is 0 Å². The van der Waals surface area contributed by atoms with E-state index in [1.165, 1.54) is 77.0 Å². The standard InChI is InChI=1S/2C12H27P.8CO.2Mn/c2*1-4-7-10-13(11-8-5-2)12-9-6-3;8*1-2;;/h2*4-12H2,1-3H3;;;;;;;;;;. The minimum absolute atomic E-state index is 0. The van der Waals surface area contributed by atoms with Gasteiger partial charge in [-0.3, -0.25) is 0 Å². The van der Waals surface area contributed by atoms with Gasteiger partial charge in [-0.1, -0.05) is 80.1 Å². The van der Waals surface area contributed by atoms with Crippen LogP contribution in [-0.4, -0.2) is 37.0 Å². The third kappa shape index (κ3) is 123. The molecule has 2 radical (unpaired) electrons. The van der Waals surface area contributed by atoms with E-state index in [4.69, 9.17) is 37.2 Å². The van der Waals surface area contributed by atoms with Crippen molar-refractivity contribution in [2.75, 3.05) is 37.0 Å². The van der Waals surface area contributed by atoms with E-state index in [1.54, 1.807) is 37.0 Å². The van der Waals surface area contributed by atoms with E-state index in [0.717, 1.165) is 0 Å². The molecule has 0 atom stereocenters. The van der Waals surface area contributed by atoms with Gasteiger partial charge in [0.15, 0.2) is 0 Å². The first-order valence-electron chi connectivity index (χ1n) is 13.8. The minimum Gasteiger partial charge on any atom is 0 e. The first kappa shape index (κ1) is 79.4. The second-order valence-corrected chi connectivity index (χ2v) is 13.2. The molecule has 0 spiro atoms. The van der Waals surface area contributed by atoms with E-state index in [2.05, 4.69) is 94.7 Å². The quantitative estimate of drug-likeness (QED) is 0.0568. The molecule has 0 N–H and O–H groups in total. The third-order valence-electron chi connectivity index (χ3n) is 4.97. The zero-order valence-electron chi connectivity index (χ0n) is 27.6. The molecule has 12 heteroatoms. The zero-order valence-corrected chi connectivity index (χ0v) is 31.8. The van der Waals surface area contributed by atoms with E-state index in [9.17, 15) is 0 Å². The smallest absolute Gasteiger partial charge is 0 e. The molecule has 0 aliphatic carbocycles. The van der Waals surface area contributed by atoms with Crippen molar-refractivity contribution in [1.29, 1.82) is 0 Å². The summed E-state index contributed by atoms with van der Waals surface area (Å²) in [5.74, 6) is 0. The van der Waals surface area contributed by atoms with Crippen LogP contribution >= 0.6 is 15.8 Å². The summed E-state index contributed by atoms with van der Waals surface area (Å²) in [5.41, 5.74) is 0. The molecule has 254 valence electrons. The van der Waals surface area contributed by atoms with Crippen molar-refractivity contribution < 1.29 is 71.4 Å². The molecule has 0 bridgehead atoms. The van der Waals surface area contributed by atoms with Crippen LogP contribution in [0.4, 0.5) is 0 Å². The maximum Gasteiger partial charge on any atom is 0 e. The Morgan fingerprint density at radius 3 is 0.432 bits per heavy atom. The van der Waals surface area contributed by atoms with E-state index in [0.29, 0.717) is 15.8 Å². The van der Waals surface area contributed by atoms with Crippen molar-refractivity contribution in [3.8, 4) is 0 Å². The Morgan fingerprint density at radius 1 is 0.273 bits per heavy atom. The van der Waals surface area contributed by atoms with Gasteiger partial charge in [-0.25, -0.2) is 0 Å². The number of hydrogen-bond donors (Lipinski definition) is 0. The normalized spacial score (nSPS) is 6.91. The number of rotatable bonds is 18. The summed E-state index contributed by atoms with van der Waals surface area (Å²) >= 11 is 0. The minimum atomic E-state index is 0. The van der Waals surface area contributed by atoms with Gasteiger partial charge >= 0.3 is 90.4 Å². The van der Waals surface area contributed by atoms with Crippen molar-refractivity contribution in [3.63, 3.8) is 0 Å². The first-order chi connectivity index (χ1) is 20.7. The fourth-order valence-electron chi connectivity index (χ4n) is 2.96. The molecule has 0 unspecified atom stereocenters. The summed E-state index contributed by atoms with van der Waals surface area (Å²) in [7, 11) is 0.843. The Labute approximate surface area is 294 Å². The summed E-state index contributed by atoms with van der Waals surface area (Å²) in [6, 6.07) is 0. The molecule has 0 aromatic heterocycles. The van der Waals surface area contributed by atoms with Crippen LogP contribution in [0.25, 0.3) is 0 Å². The Morgan fingerprint density at radius 2 is 0.364 bits per heavy atom. The molecule has 0 heterocycles. The molecule has 0 amide bonds. The van der Waals surface area contributed by atoms with Gasteiger partial charge < -0.3 is 0 Å². The number of unbranched alkanes of at least 4 members (excludes halogenated alkanes) is 6. The summed E-state index contributed by atoms with van der Waals surface area (Å²) < 4.78 is 60.0. The number of hydrogen-bond acceptors (Lipinski definition) is 0. The molecule has 0 aromatic carbocycles. The fraction of sp³-hybridized carbons (Fsp3) is 0.750. The zero-order chi connectivity index (χ0) is 35.9. The van der Waals surface area contributed by atoms with Crippen molar-refractivity contribution in [2.45, 2.75) is 119 Å². The predicted octanol–water partition coefficient (Wildman–Crippen LogP) is 9.43. The van der Waals surface area contributed by atoms with Crippen molar-refractivity contribution in [1.82, 2.24) is 0 Å². The molecule has 0 rings (SSSR count). The maximum absolute atomic E-state index is 7.50. The van der Waals surface area contributed by atoms with Crippen LogP contribution in [0.2, 0.25) is 0 Å². The summed E-state index contributed by atoms with van der Waals surface area (Å²) in [6.07, 6.45) is 26.4. The van der Waals surface area contributed by atoms with Gasteiger partial charge in [0.2, 0.25) is 0 Å². The van der Waals surface area contributed by atoms with E-state index in [1.807, 2.05) is 0 Å². The average molecular weight is 739 g/mol. The van der Waals surface area contributed by atoms with Gasteiger partial charge in [0.05, 0.1) is 0 Å². The van der Waals surface area contributed by atoms with Crippen molar-refractivity contribution in [2.24, 2.45) is 0 Å². The molecule has 44 heavy (non-hydrogen) atoms. The molecule has 0 saturated carbocycles. The molecule has 0 fully saturated rings. The molecule has 0 aliphatic heterocycles. The van der Waals surface area contributed by atoms with Crippen molar-refractivity contribution in [3.05, 3.63) is 53.2 Å². The second-order valence-electron chi connectivity index (χ2n) is 7.80. The predicted molar refractivity (Wildman–Crippen MR) is 164 cm³/mol. The molecule has 0 saturated heterocycles. The Hall–Kier alpha value is -0.181. The third-order valence-corrected chi connectivity index (χ3v) is 10.7. The summed E-state index contributed by atoms with van der Waals surface area (Å²) in [4.78, 5) is 0. The van der Waals surface area contributed by atoms with Crippen LogP contribution in [-0.2, 0) is 71.4 Å². The van der Waals surface area contributed by atoms with Crippen LogP contribution in [0.15, 0.2) is 0 Å².